The fraction of sp³-hybridized carbons (Fsp3) is 0.259. The first kappa shape index (κ1) is 31.0. The number of aryl methyl sites for hydroxylation is 1. The molecule has 0 radical (unpaired) electrons. The van der Waals surface area contributed by atoms with Gasteiger partial charge in [0.05, 0.1) is 20.6 Å². The van der Waals surface area contributed by atoms with Crippen LogP contribution in [-0.4, -0.2) is 44.8 Å². The summed E-state index contributed by atoms with van der Waals surface area (Å²) < 4.78 is 28.6. The van der Waals surface area contributed by atoms with Crippen molar-refractivity contribution in [2.45, 2.75) is 37.8 Å². The molecule has 0 aromatic heterocycles. The van der Waals surface area contributed by atoms with Crippen molar-refractivity contribution in [1.82, 2.24) is 10.2 Å². The second-order valence-electron chi connectivity index (χ2n) is 8.68. The Morgan fingerprint density at radius 1 is 0.897 bits per heavy atom. The van der Waals surface area contributed by atoms with E-state index in [1.807, 2.05) is 6.92 Å². The van der Waals surface area contributed by atoms with Gasteiger partial charge in [0.25, 0.3) is 10.0 Å². The average Bonchev–Trinajstić information content (AvgIpc) is 2.90. The summed E-state index contributed by atoms with van der Waals surface area (Å²) in [5.74, 6) is -1.07. The van der Waals surface area contributed by atoms with E-state index in [4.69, 9.17) is 46.4 Å². The molecule has 208 valence electrons. The molecule has 0 heterocycles. The summed E-state index contributed by atoms with van der Waals surface area (Å²) in [6.07, 6.45) is 0.255. The number of rotatable bonds is 10. The highest BCUT2D eigenvalue weighted by atomic mass is 35.5. The van der Waals surface area contributed by atoms with Crippen molar-refractivity contribution in [2.75, 3.05) is 17.9 Å². The molecule has 0 bridgehead atoms. The van der Waals surface area contributed by atoms with Crippen LogP contribution in [0.5, 0.6) is 0 Å². The number of benzene rings is 3. The Morgan fingerprint density at radius 2 is 1.51 bits per heavy atom. The molecule has 0 aliphatic carbocycles. The minimum Gasteiger partial charge on any atom is -0.357 e. The third-order valence-corrected chi connectivity index (χ3v) is 9.34. The van der Waals surface area contributed by atoms with Gasteiger partial charge >= 0.3 is 0 Å². The van der Waals surface area contributed by atoms with Crippen LogP contribution in [0, 0.1) is 6.92 Å². The van der Waals surface area contributed by atoms with Crippen LogP contribution in [0.25, 0.3) is 0 Å². The van der Waals surface area contributed by atoms with E-state index >= 15 is 0 Å². The molecule has 12 heteroatoms. The van der Waals surface area contributed by atoms with E-state index in [1.165, 1.54) is 42.3 Å². The number of nitrogens with zero attached hydrogens (tertiary/aromatic N) is 2. The van der Waals surface area contributed by atoms with Crippen molar-refractivity contribution in [3.05, 3.63) is 91.9 Å². The molecule has 7 nitrogen and oxygen atoms in total. The maximum absolute atomic E-state index is 14.0. The van der Waals surface area contributed by atoms with Crippen LogP contribution in [0.3, 0.4) is 0 Å². The summed E-state index contributed by atoms with van der Waals surface area (Å²) >= 11 is 25.1. The van der Waals surface area contributed by atoms with Crippen LogP contribution >= 0.6 is 46.4 Å². The standard InChI is InChI=1S/C27H27Cl4N3O4S/c1-4-25(27(36)32-3)33(15-20-21(28)6-5-7-22(20)29)26(35)16-34(18-10-13-23(30)24(31)14-18)39(37,38)19-11-8-17(2)9-12-19/h5-14,25H,4,15-16H2,1-3H3,(H,32,36)/t25-/m1/s1. The van der Waals surface area contributed by atoms with Gasteiger partial charge in [0.15, 0.2) is 0 Å². The lowest BCUT2D eigenvalue weighted by molar-refractivity contribution is -0.140. The van der Waals surface area contributed by atoms with E-state index in [2.05, 4.69) is 5.32 Å². The van der Waals surface area contributed by atoms with Crippen molar-refractivity contribution < 1.29 is 18.0 Å². The summed E-state index contributed by atoms with van der Waals surface area (Å²) in [6, 6.07) is 14.5. The van der Waals surface area contributed by atoms with Gasteiger partial charge < -0.3 is 10.2 Å². The molecule has 1 N–H and O–H groups in total. The van der Waals surface area contributed by atoms with E-state index in [1.54, 1.807) is 37.3 Å². The monoisotopic (exact) mass is 629 g/mol. The van der Waals surface area contributed by atoms with Crippen molar-refractivity contribution >= 4 is 73.9 Å². The molecule has 1 atom stereocenters. The first-order valence-corrected chi connectivity index (χ1v) is 14.8. The third kappa shape index (κ3) is 7.18. The highest BCUT2D eigenvalue weighted by Gasteiger charge is 2.34. The summed E-state index contributed by atoms with van der Waals surface area (Å²) in [5, 5.41) is 3.51. The van der Waals surface area contributed by atoms with Crippen LogP contribution < -0.4 is 9.62 Å². The number of carbonyl (C=O) groups is 2. The number of carbonyl (C=O) groups excluding carboxylic acids is 2. The number of hydrogen-bond donors (Lipinski definition) is 1. The maximum Gasteiger partial charge on any atom is 0.264 e. The van der Waals surface area contributed by atoms with Gasteiger partial charge in [0.2, 0.25) is 11.8 Å². The van der Waals surface area contributed by atoms with Crippen LogP contribution in [-0.2, 0) is 26.2 Å². The Balaban J connectivity index is 2.12. The molecular weight excluding hydrogens is 604 g/mol. The van der Waals surface area contributed by atoms with Crippen LogP contribution in [0.4, 0.5) is 5.69 Å². The quantitative estimate of drug-likeness (QED) is 0.283. The topological polar surface area (TPSA) is 86.8 Å². The van der Waals surface area contributed by atoms with E-state index in [9.17, 15) is 18.0 Å². The largest absolute Gasteiger partial charge is 0.357 e. The van der Waals surface area contributed by atoms with E-state index < -0.39 is 34.4 Å². The molecule has 0 saturated heterocycles. The second-order valence-corrected chi connectivity index (χ2v) is 12.2. The fourth-order valence-corrected chi connectivity index (χ4v) is 6.16. The van der Waals surface area contributed by atoms with E-state index in [0.717, 1.165) is 9.87 Å². The van der Waals surface area contributed by atoms with Crippen LogP contribution in [0.2, 0.25) is 20.1 Å². The number of anilines is 1. The fourth-order valence-electron chi connectivity index (χ4n) is 3.95. The normalized spacial score (nSPS) is 12.1. The number of hydrogen-bond acceptors (Lipinski definition) is 4. The summed E-state index contributed by atoms with van der Waals surface area (Å²) in [4.78, 5) is 28.0. The predicted molar refractivity (Wildman–Crippen MR) is 157 cm³/mol. The Morgan fingerprint density at radius 3 is 2.05 bits per heavy atom. The van der Waals surface area contributed by atoms with Gasteiger partial charge in [0, 0.05) is 29.2 Å². The van der Waals surface area contributed by atoms with Gasteiger partial charge in [0.1, 0.15) is 12.6 Å². The first-order chi connectivity index (χ1) is 18.4. The maximum atomic E-state index is 14.0. The summed E-state index contributed by atoms with van der Waals surface area (Å²) in [5.41, 5.74) is 1.42. The van der Waals surface area contributed by atoms with Crippen molar-refractivity contribution in [1.29, 1.82) is 0 Å². The average molecular weight is 631 g/mol. The zero-order valence-corrected chi connectivity index (χ0v) is 25.3. The van der Waals surface area contributed by atoms with Gasteiger partial charge in [-0.25, -0.2) is 8.42 Å². The molecule has 3 aromatic rings. The Kier molecular flexibility index (Phi) is 10.5. The van der Waals surface area contributed by atoms with Gasteiger partial charge in [-0.15, -0.1) is 0 Å². The molecule has 2 amide bonds. The lowest BCUT2D eigenvalue weighted by Crippen LogP contribution is -2.51. The Hall–Kier alpha value is -2.49. The Labute approximate surface area is 248 Å². The molecular formula is C27H27Cl4N3O4S. The smallest absolute Gasteiger partial charge is 0.264 e. The van der Waals surface area contributed by atoms with Gasteiger partial charge in [-0.3, -0.25) is 13.9 Å². The van der Waals surface area contributed by atoms with E-state index in [0.29, 0.717) is 15.6 Å². The highest BCUT2D eigenvalue weighted by molar-refractivity contribution is 7.92. The molecule has 0 saturated carbocycles. The molecule has 0 aliphatic heterocycles. The zero-order chi connectivity index (χ0) is 28.9. The molecule has 39 heavy (non-hydrogen) atoms. The molecule has 3 aromatic carbocycles. The summed E-state index contributed by atoms with van der Waals surface area (Å²) in [7, 11) is -2.79. The SMILES string of the molecule is CC[C@H](C(=O)NC)N(Cc1c(Cl)cccc1Cl)C(=O)CN(c1ccc(Cl)c(Cl)c1)S(=O)(=O)c1ccc(C)cc1. The predicted octanol–water partition coefficient (Wildman–Crippen LogP) is 6.36. The van der Waals surface area contributed by atoms with Crippen LogP contribution in [0.1, 0.15) is 24.5 Å². The molecule has 0 spiro atoms. The van der Waals surface area contributed by atoms with Crippen molar-refractivity contribution in [3.8, 4) is 0 Å². The second kappa shape index (κ2) is 13.2. The number of sulfonamides is 1. The Bertz CT molecular complexity index is 1450. The summed E-state index contributed by atoms with van der Waals surface area (Å²) in [6.45, 7) is 2.82. The van der Waals surface area contributed by atoms with E-state index in [-0.39, 0.29) is 33.6 Å². The minimum absolute atomic E-state index is 0.0222. The third-order valence-electron chi connectivity index (χ3n) is 6.10. The minimum atomic E-state index is -4.25. The zero-order valence-electron chi connectivity index (χ0n) is 21.4. The van der Waals surface area contributed by atoms with Gasteiger partial charge in [-0.2, -0.15) is 0 Å². The van der Waals surface area contributed by atoms with Gasteiger partial charge in [-0.1, -0.05) is 77.1 Å². The van der Waals surface area contributed by atoms with Crippen molar-refractivity contribution in [2.24, 2.45) is 0 Å². The molecule has 0 unspecified atom stereocenters. The van der Waals surface area contributed by atoms with Crippen LogP contribution in [0.15, 0.2) is 65.6 Å². The molecule has 0 fully saturated rings. The van der Waals surface area contributed by atoms with Crippen molar-refractivity contribution in [3.63, 3.8) is 0 Å². The van der Waals surface area contributed by atoms with Gasteiger partial charge in [-0.05, 0) is 55.8 Å². The number of likely N-dealkylation sites (N-methyl/N-ethyl adjacent to an activating group) is 1. The lowest BCUT2D eigenvalue weighted by Gasteiger charge is -2.33. The molecule has 0 aliphatic rings. The number of amides is 2. The first-order valence-electron chi connectivity index (χ1n) is 11.9. The molecule has 3 rings (SSSR count). The lowest BCUT2D eigenvalue weighted by atomic mass is 10.1. The number of halogens is 4. The highest BCUT2D eigenvalue weighted by Crippen LogP contribution is 2.32. The number of nitrogens with one attached hydrogen (secondary N) is 1.